The van der Waals surface area contributed by atoms with E-state index in [9.17, 15) is 4.39 Å². The minimum Gasteiger partial charge on any atom is -0.364 e. The van der Waals surface area contributed by atoms with Crippen LogP contribution < -0.4 is 10.2 Å². The molecular formula is C16H18BrFN2. The second-order valence-corrected chi connectivity index (χ2v) is 6.54. The maximum atomic E-state index is 13.7. The number of rotatable bonds is 4. The van der Waals surface area contributed by atoms with E-state index in [-0.39, 0.29) is 5.82 Å². The van der Waals surface area contributed by atoms with Crippen LogP contribution >= 0.6 is 15.9 Å². The molecule has 2 nitrogen and oxygen atoms in total. The van der Waals surface area contributed by atoms with E-state index in [2.05, 4.69) is 52.3 Å². The van der Waals surface area contributed by atoms with Crippen molar-refractivity contribution in [1.82, 2.24) is 5.32 Å². The fourth-order valence-corrected chi connectivity index (χ4v) is 2.77. The Kier molecular flexibility index (Phi) is 3.59. The van der Waals surface area contributed by atoms with Gasteiger partial charge in [0.15, 0.2) is 0 Å². The molecule has 1 fully saturated rings. The Balaban J connectivity index is 1.80. The number of halogens is 2. The highest BCUT2D eigenvalue weighted by atomic mass is 79.9. The number of allylic oxidation sites excluding steroid dienone is 2. The number of nitrogens with one attached hydrogen (secondary N) is 1. The summed E-state index contributed by atoms with van der Waals surface area (Å²) in [6.07, 6.45) is 5.59. The molecule has 0 bridgehead atoms. The van der Waals surface area contributed by atoms with Crippen molar-refractivity contribution in [2.24, 2.45) is 5.92 Å². The number of nitrogens with zero attached hydrogens (tertiary/aromatic N) is 1. The number of dihydropyridines is 1. The lowest BCUT2D eigenvalue weighted by atomic mass is 10.2. The summed E-state index contributed by atoms with van der Waals surface area (Å²) in [5, 5.41) is 3.35. The van der Waals surface area contributed by atoms with Crippen LogP contribution in [0.1, 0.15) is 20.3 Å². The van der Waals surface area contributed by atoms with Crippen molar-refractivity contribution in [1.29, 1.82) is 0 Å². The largest absolute Gasteiger partial charge is 0.364 e. The highest BCUT2D eigenvalue weighted by molar-refractivity contribution is 9.10. The van der Waals surface area contributed by atoms with E-state index in [0.717, 1.165) is 12.2 Å². The molecule has 0 amide bonds. The molecule has 0 aromatic heterocycles. The number of hydrogen-bond acceptors (Lipinski definition) is 2. The van der Waals surface area contributed by atoms with Crippen molar-refractivity contribution in [3.05, 3.63) is 52.0 Å². The normalized spacial score (nSPS) is 19.9. The van der Waals surface area contributed by atoms with Crippen LogP contribution in [0.5, 0.6) is 0 Å². The Bertz CT molecular complexity index is 592. The summed E-state index contributed by atoms with van der Waals surface area (Å²) in [6, 6.07) is 5.62. The van der Waals surface area contributed by atoms with Crippen LogP contribution in [0.2, 0.25) is 0 Å². The van der Waals surface area contributed by atoms with Crippen LogP contribution in [0.4, 0.5) is 10.1 Å². The molecule has 1 atom stereocenters. The Morgan fingerprint density at radius 3 is 2.90 bits per heavy atom. The maximum absolute atomic E-state index is 13.7. The standard InChI is InChI=1S/C16H18BrFN2/c1-10(2)20(14-3-4-15(17)16(18)7-14)9-13-6-11-5-12(11)8-19-13/h3-4,6-8,10-11,19H,5,9H2,1-2H3. The molecule has 4 heteroatoms. The highest BCUT2D eigenvalue weighted by Crippen LogP contribution is 2.41. The van der Waals surface area contributed by atoms with Gasteiger partial charge in [-0.1, -0.05) is 6.08 Å². The minimum atomic E-state index is -0.219. The quantitative estimate of drug-likeness (QED) is 0.886. The second-order valence-electron chi connectivity index (χ2n) is 5.69. The Morgan fingerprint density at radius 1 is 1.45 bits per heavy atom. The molecular weight excluding hydrogens is 319 g/mol. The average molecular weight is 337 g/mol. The summed E-state index contributed by atoms with van der Waals surface area (Å²) in [7, 11) is 0. The molecule has 1 N–H and O–H groups in total. The van der Waals surface area contributed by atoms with Gasteiger partial charge in [-0.15, -0.1) is 0 Å². The molecule has 3 rings (SSSR count). The zero-order valence-corrected chi connectivity index (χ0v) is 13.2. The summed E-state index contributed by atoms with van der Waals surface area (Å²) >= 11 is 3.20. The molecule has 2 aliphatic rings. The van der Waals surface area contributed by atoms with Gasteiger partial charge in [-0.25, -0.2) is 4.39 Å². The summed E-state index contributed by atoms with van der Waals surface area (Å²) < 4.78 is 14.2. The van der Waals surface area contributed by atoms with Crippen molar-refractivity contribution in [3.63, 3.8) is 0 Å². The van der Waals surface area contributed by atoms with E-state index in [4.69, 9.17) is 0 Å². The summed E-state index contributed by atoms with van der Waals surface area (Å²) in [5.41, 5.74) is 3.60. The highest BCUT2D eigenvalue weighted by Gasteiger charge is 2.30. The maximum Gasteiger partial charge on any atom is 0.139 e. The van der Waals surface area contributed by atoms with Gasteiger partial charge in [-0.05, 0) is 60.0 Å². The van der Waals surface area contributed by atoms with Gasteiger partial charge in [-0.2, -0.15) is 0 Å². The van der Waals surface area contributed by atoms with E-state index in [1.807, 2.05) is 6.07 Å². The molecule has 1 aromatic carbocycles. The number of benzene rings is 1. The van der Waals surface area contributed by atoms with Gasteiger partial charge in [-0.3, -0.25) is 0 Å². The van der Waals surface area contributed by atoms with Gasteiger partial charge in [0.05, 0.1) is 11.0 Å². The summed E-state index contributed by atoms with van der Waals surface area (Å²) in [5.74, 6) is 0.421. The lowest BCUT2D eigenvalue weighted by molar-refractivity contribution is 0.617. The zero-order valence-electron chi connectivity index (χ0n) is 11.7. The molecule has 106 valence electrons. The fourth-order valence-electron chi connectivity index (χ4n) is 2.52. The second kappa shape index (κ2) is 5.24. The predicted octanol–water partition coefficient (Wildman–Crippen LogP) is 4.19. The number of hydrogen-bond donors (Lipinski definition) is 1. The monoisotopic (exact) mass is 336 g/mol. The first-order valence-corrected chi connectivity index (χ1v) is 7.72. The first kappa shape index (κ1) is 13.7. The van der Waals surface area contributed by atoms with Crippen LogP contribution in [0.15, 0.2) is 46.2 Å². The lowest BCUT2D eigenvalue weighted by Gasteiger charge is -2.30. The van der Waals surface area contributed by atoms with Crippen molar-refractivity contribution in [3.8, 4) is 0 Å². The van der Waals surface area contributed by atoms with Gasteiger partial charge < -0.3 is 10.2 Å². The molecule has 1 saturated carbocycles. The molecule has 0 saturated heterocycles. The Labute approximate surface area is 127 Å². The van der Waals surface area contributed by atoms with Crippen molar-refractivity contribution < 1.29 is 4.39 Å². The van der Waals surface area contributed by atoms with E-state index in [0.29, 0.717) is 16.4 Å². The van der Waals surface area contributed by atoms with Crippen molar-refractivity contribution in [2.75, 3.05) is 11.4 Å². The molecule has 1 aliphatic heterocycles. The van der Waals surface area contributed by atoms with Gasteiger partial charge >= 0.3 is 0 Å². The third-order valence-electron chi connectivity index (χ3n) is 3.82. The first-order valence-electron chi connectivity index (χ1n) is 6.92. The number of anilines is 1. The third-order valence-corrected chi connectivity index (χ3v) is 4.46. The molecule has 0 spiro atoms. The van der Waals surface area contributed by atoms with Gasteiger partial charge in [0.25, 0.3) is 0 Å². The molecule has 1 heterocycles. The fraction of sp³-hybridized carbons (Fsp3) is 0.375. The summed E-state index contributed by atoms with van der Waals surface area (Å²) in [6.45, 7) is 5.03. The summed E-state index contributed by atoms with van der Waals surface area (Å²) in [4.78, 5) is 2.20. The molecule has 1 aliphatic carbocycles. The van der Waals surface area contributed by atoms with Crippen LogP contribution in [0.25, 0.3) is 0 Å². The molecule has 1 aromatic rings. The van der Waals surface area contributed by atoms with E-state index < -0.39 is 0 Å². The zero-order chi connectivity index (χ0) is 14.3. The molecule has 20 heavy (non-hydrogen) atoms. The van der Waals surface area contributed by atoms with Gasteiger partial charge in [0, 0.05) is 29.5 Å². The predicted molar refractivity (Wildman–Crippen MR) is 84.0 cm³/mol. The third kappa shape index (κ3) is 2.75. The Morgan fingerprint density at radius 2 is 2.25 bits per heavy atom. The van der Waals surface area contributed by atoms with Crippen molar-refractivity contribution >= 4 is 21.6 Å². The first-order chi connectivity index (χ1) is 9.54. The van der Waals surface area contributed by atoms with E-state index >= 15 is 0 Å². The van der Waals surface area contributed by atoms with Crippen LogP contribution in [0.3, 0.4) is 0 Å². The smallest absolute Gasteiger partial charge is 0.139 e. The van der Waals surface area contributed by atoms with Crippen LogP contribution in [0, 0.1) is 11.7 Å². The minimum absolute atomic E-state index is 0.219. The van der Waals surface area contributed by atoms with E-state index in [1.165, 1.54) is 17.7 Å². The van der Waals surface area contributed by atoms with Gasteiger partial charge in [0.2, 0.25) is 0 Å². The van der Waals surface area contributed by atoms with Crippen LogP contribution in [-0.2, 0) is 0 Å². The molecule has 0 radical (unpaired) electrons. The topological polar surface area (TPSA) is 15.3 Å². The van der Waals surface area contributed by atoms with Gasteiger partial charge in [0.1, 0.15) is 5.82 Å². The van der Waals surface area contributed by atoms with Crippen LogP contribution in [-0.4, -0.2) is 12.6 Å². The number of fused-ring (bicyclic) bond motifs is 1. The lowest BCUT2D eigenvalue weighted by Crippen LogP contribution is -2.35. The SMILES string of the molecule is CC(C)N(CC1=CC2CC2=CN1)c1ccc(Br)c(F)c1. The van der Waals surface area contributed by atoms with Crippen molar-refractivity contribution in [2.45, 2.75) is 26.3 Å². The van der Waals surface area contributed by atoms with E-state index in [1.54, 1.807) is 12.1 Å². The molecule has 1 unspecified atom stereocenters. The Hall–Kier alpha value is -1.29. The average Bonchev–Trinajstić information content (AvgIpc) is 3.17.